The minimum atomic E-state index is -0.396. The molecule has 5 nitrogen and oxygen atoms in total. The van der Waals surface area contributed by atoms with E-state index in [0.29, 0.717) is 13.0 Å². The summed E-state index contributed by atoms with van der Waals surface area (Å²) in [6.45, 7) is 2.44. The van der Waals surface area contributed by atoms with Crippen molar-refractivity contribution >= 4 is 5.91 Å². The van der Waals surface area contributed by atoms with Crippen LogP contribution >= 0.6 is 0 Å². The van der Waals surface area contributed by atoms with Crippen LogP contribution in [-0.2, 0) is 11.3 Å². The van der Waals surface area contributed by atoms with Crippen molar-refractivity contribution in [1.82, 2.24) is 15.1 Å². The lowest BCUT2D eigenvalue weighted by Gasteiger charge is -2.19. The number of hydrogen-bond acceptors (Lipinski definition) is 3. The van der Waals surface area contributed by atoms with Crippen molar-refractivity contribution in [3.8, 4) is 0 Å². The summed E-state index contributed by atoms with van der Waals surface area (Å²) in [5, 5.41) is 6.50. The van der Waals surface area contributed by atoms with Gasteiger partial charge in [0.25, 0.3) is 0 Å². The van der Waals surface area contributed by atoms with Gasteiger partial charge in [-0.25, -0.2) is 0 Å². The second-order valence-corrected chi connectivity index (χ2v) is 3.32. The van der Waals surface area contributed by atoms with E-state index in [4.69, 9.17) is 5.73 Å². The van der Waals surface area contributed by atoms with Crippen molar-refractivity contribution in [1.29, 1.82) is 0 Å². The summed E-state index contributed by atoms with van der Waals surface area (Å²) in [6.07, 6.45) is 4.12. The Morgan fingerprint density at radius 3 is 3.00 bits per heavy atom. The standard InChI is InChI=1S/C9H16N4O/c1-3-8(10)9(14)13(2)6-7-4-11-12-5-7/h4-5,8H,3,6,10H2,1-2H3,(H,11,12)/t8-/m0/s1. The van der Waals surface area contributed by atoms with Gasteiger partial charge in [0.2, 0.25) is 5.91 Å². The normalized spacial score (nSPS) is 12.5. The van der Waals surface area contributed by atoms with Gasteiger partial charge in [-0.05, 0) is 6.42 Å². The molecule has 1 aromatic rings. The van der Waals surface area contributed by atoms with Gasteiger partial charge in [-0.3, -0.25) is 9.89 Å². The summed E-state index contributed by atoms with van der Waals surface area (Å²) in [7, 11) is 1.74. The van der Waals surface area contributed by atoms with E-state index in [1.54, 1.807) is 24.3 Å². The molecule has 78 valence electrons. The number of aromatic nitrogens is 2. The highest BCUT2D eigenvalue weighted by Gasteiger charge is 2.16. The Kier molecular flexibility index (Phi) is 3.64. The zero-order chi connectivity index (χ0) is 10.6. The second-order valence-electron chi connectivity index (χ2n) is 3.32. The van der Waals surface area contributed by atoms with E-state index < -0.39 is 6.04 Å². The van der Waals surface area contributed by atoms with Gasteiger partial charge >= 0.3 is 0 Å². The number of nitrogens with two attached hydrogens (primary N) is 1. The van der Waals surface area contributed by atoms with Crippen LogP contribution in [0.5, 0.6) is 0 Å². The monoisotopic (exact) mass is 196 g/mol. The number of H-pyrrole nitrogens is 1. The number of aromatic amines is 1. The molecular weight excluding hydrogens is 180 g/mol. The predicted octanol–water partition coefficient (Wildman–Crippen LogP) is 0.105. The number of carbonyl (C=O) groups excluding carboxylic acids is 1. The van der Waals surface area contributed by atoms with Crippen molar-refractivity contribution in [2.75, 3.05) is 7.05 Å². The molecule has 0 saturated carbocycles. The Morgan fingerprint density at radius 2 is 2.50 bits per heavy atom. The molecule has 1 heterocycles. The first kappa shape index (κ1) is 10.7. The van der Waals surface area contributed by atoms with Crippen molar-refractivity contribution in [3.05, 3.63) is 18.0 Å². The molecule has 0 unspecified atom stereocenters. The van der Waals surface area contributed by atoms with E-state index in [0.717, 1.165) is 5.56 Å². The van der Waals surface area contributed by atoms with Crippen LogP contribution in [0.2, 0.25) is 0 Å². The smallest absolute Gasteiger partial charge is 0.239 e. The molecule has 0 spiro atoms. The van der Waals surface area contributed by atoms with Gasteiger partial charge in [0.15, 0.2) is 0 Å². The summed E-state index contributed by atoms with van der Waals surface area (Å²) < 4.78 is 0. The SMILES string of the molecule is CC[C@H](N)C(=O)N(C)Cc1cn[nH]c1. The van der Waals surface area contributed by atoms with Crippen molar-refractivity contribution in [2.45, 2.75) is 25.9 Å². The van der Waals surface area contributed by atoms with Crippen molar-refractivity contribution in [2.24, 2.45) is 5.73 Å². The lowest BCUT2D eigenvalue weighted by atomic mass is 10.2. The van der Waals surface area contributed by atoms with Crippen LogP contribution in [0.3, 0.4) is 0 Å². The number of nitrogens with one attached hydrogen (secondary N) is 1. The third-order valence-electron chi connectivity index (χ3n) is 2.11. The molecule has 0 saturated heterocycles. The first-order valence-corrected chi connectivity index (χ1v) is 4.63. The average molecular weight is 196 g/mol. The summed E-state index contributed by atoms with van der Waals surface area (Å²) in [5.41, 5.74) is 6.61. The van der Waals surface area contributed by atoms with E-state index in [2.05, 4.69) is 10.2 Å². The molecule has 1 amide bonds. The second kappa shape index (κ2) is 4.76. The zero-order valence-corrected chi connectivity index (χ0v) is 8.53. The average Bonchev–Trinajstić information content (AvgIpc) is 2.68. The molecule has 0 aliphatic rings. The summed E-state index contributed by atoms with van der Waals surface area (Å²) in [4.78, 5) is 13.2. The summed E-state index contributed by atoms with van der Waals surface area (Å²) in [5.74, 6) is -0.0336. The van der Waals surface area contributed by atoms with Crippen LogP contribution in [0.15, 0.2) is 12.4 Å². The van der Waals surface area contributed by atoms with Gasteiger partial charge < -0.3 is 10.6 Å². The summed E-state index contributed by atoms with van der Waals surface area (Å²) >= 11 is 0. The first-order valence-electron chi connectivity index (χ1n) is 4.63. The zero-order valence-electron chi connectivity index (χ0n) is 8.53. The van der Waals surface area contributed by atoms with E-state index in [1.807, 2.05) is 6.92 Å². The van der Waals surface area contributed by atoms with Crippen LogP contribution < -0.4 is 5.73 Å². The van der Waals surface area contributed by atoms with Gasteiger partial charge in [0.1, 0.15) is 0 Å². The first-order chi connectivity index (χ1) is 6.65. The quantitative estimate of drug-likeness (QED) is 0.717. The number of carbonyl (C=O) groups is 1. The lowest BCUT2D eigenvalue weighted by molar-refractivity contribution is -0.131. The van der Waals surface area contributed by atoms with Gasteiger partial charge in [0.05, 0.1) is 12.2 Å². The predicted molar refractivity (Wildman–Crippen MR) is 53.3 cm³/mol. The van der Waals surface area contributed by atoms with Crippen LogP contribution in [0, 0.1) is 0 Å². The van der Waals surface area contributed by atoms with Crippen LogP contribution in [0.25, 0.3) is 0 Å². The number of nitrogens with zero attached hydrogens (tertiary/aromatic N) is 2. The number of likely N-dealkylation sites (N-methyl/N-ethyl adjacent to an activating group) is 1. The molecule has 14 heavy (non-hydrogen) atoms. The van der Waals surface area contributed by atoms with E-state index in [9.17, 15) is 4.79 Å². The molecule has 1 atom stereocenters. The molecule has 0 fully saturated rings. The fourth-order valence-corrected chi connectivity index (χ4v) is 1.17. The van der Waals surface area contributed by atoms with Gasteiger partial charge in [-0.15, -0.1) is 0 Å². The third-order valence-corrected chi connectivity index (χ3v) is 2.11. The number of rotatable bonds is 4. The molecular formula is C9H16N4O. The molecule has 0 radical (unpaired) electrons. The Balaban J connectivity index is 2.50. The fourth-order valence-electron chi connectivity index (χ4n) is 1.17. The fraction of sp³-hybridized carbons (Fsp3) is 0.556. The maximum absolute atomic E-state index is 11.6. The Morgan fingerprint density at radius 1 is 1.79 bits per heavy atom. The third kappa shape index (κ3) is 2.56. The Bertz CT molecular complexity index is 283. The minimum absolute atomic E-state index is 0.0336. The maximum Gasteiger partial charge on any atom is 0.239 e. The van der Waals surface area contributed by atoms with Crippen LogP contribution in [0.4, 0.5) is 0 Å². The highest BCUT2D eigenvalue weighted by Crippen LogP contribution is 2.02. The number of hydrogen-bond donors (Lipinski definition) is 2. The highest BCUT2D eigenvalue weighted by atomic mass is 16.2. The molecule has 5 heteroatoms. The van der Waals surface area contributed by atoms with Crippen molar-refractivity contribution < 1.29 is 4.79 Å². The number of amides is 1. The molecule has 0 aliphatic carbocycles. The molecule has 0 aliphatic heterocycles. The lowest BCUT2D eigenvalue weighted by Crippen LogP contribution is -2.40. The summed E-state index contributed by atoms with van der Waals surface area (Å²) in [6, 6.07) is -0.396. The van der Waals surface area contributed by atoms with E-state index >= 15 is 0 Å². The van der Waals surface area contributed by atoms with Crippen LogP contribution in [0.1, 0.15) is 18.9 Å². The molecule has 0 bridgehead atoms. The maximum atomic E-state index is 11.6. The Labute approximate surface area is 83.3 Å². The van der Waals surface area contributed by atoms with Crippen molar-refractivity contribution in [3.63, 3.8) is 0 Å². The van der Waals surface area contributed by atoms with E-state index in [1.165, 1.54) is 0 Å². The molecule has 0 aromatic carbocycles. The van der Waals surface area contributed by atoms with Gasteiger partial charge in [0, 0.05) is 25.4 Å². The molecule has 3 N–H and O–H groups in total. The van der Waals surface area contributed by atoms with Gasteiger partial charge in [-0.2, -0.15) is 5.10 Å². The minimum Gasteiger partial charge on any atom is -0.340 e. The highest BCUT2D eigenvalue weighted by molar-refractivity contribution is 5.81. The molecule has 1 aromatic heterocycles. The van der Waals surface area contributed by atoms with Crippen LogP contribution in [-0.4, -0.2) is 34.1 Å². The van der Waals surface area contributed by atoms with Gasteiger partial charge in [-0.1, -0.05) is 6.92 Å². The largest absolute Gasteiger partial charge is 0.340 e. The Hall–Kier alpha value is -1.36. The topological polar surface area (TPSA) is 75.0 Å². The molecule has 1 rings (SSSR count). The van der Waals surface area contributed by atoms with E-state index in [-0.39, 0.29) is 5.91 Å².